The fourth-order valence-electron chi connectivity index (χ4n) is 1.30. The van der Waals surface area contributed by atoms with Gasteiger partial charge < -0.3 is 4.31 Å². The molecule has 92 valence electrons. The minimum atomic E-state index is 1.15. The first-order chi connectivity index (χ1) is 8.84. The Morgan fingerprint density at radius 1 is 0.889 bits per heavy atom. The van der Waals surface area contributed by atoms with Gasteiger partial charge in [-0.1, -0.05) is 36.4 Å². The predicted molar refractivity (Wildman–Crippen MR) is 80.9 cm³/mol. The number of nitrogens with zero attached hydrogens (tertiary/aromatic N) is 2. The molecule has 0 bridgehead atoms. The summed E-state index contributed by atoms with van der Waals surface area (Å²) in [5.41, 5.74) is 0. The van der Waals surface area contributed by atoms with Crippen molar-refractivity contribution < 1.29 is 0 Å². The summed E-state index contributed by atoms with van der Waals surface area (Å²) < 4.78 is 6.33. The zero-order valence-corrected chi connectivity index (χ0v) is 11.7. The lowest BCUT2D eigenvalue weighted by molar-refractivity contribution is 0.873. The van der Waals surface area contributed by atoms with Crippen LogP contribution in [0.25, 0.3) is 0 Å². The van der Waals surface area contributed by atoms with Crippen LogP contribution in [0.4, 0.5) is 0 Å². The highest BCUT2D eigenvalue weighted by atomic mass is 32.2. The Morgan fingerprint density at radius 3 is 2.06 bits per heavy atom. The number of hydrogen-bond acceptors (Lipinski definition) is 3. The first-order valence-electron chi connectivity index (χ1n) is 5.56. The van der Waals surface area contributed by atoms with E-state index in [2.05, 4.69) is 16.5 Å². The average molecular weight is 274 g/mol. The SMILES string of the molecule is CN(/C=N/Sc1ccccc1)Sc1ccccc1. The van der Waals surface area contributed by atoms with E-state index in [1.54, 1.807) is 11.9 Å². The Balaban J connectivity index is 1.82. The molecule has 0 aliphatic heterocycles. The van der Waals surface area contributed by atoms with Crippen molar-refractivity contribution in [2.45, 2.75) is 9.79 Å². The van der Waals surface area contributed by atoms with Crippen molar-refractivity contribution in [3.05, 3.63) is 60.7 Å². The fraction of sp³-hybridized carbons (Fsp3) is 0.0714. The molecular weight excluding hydrogens is 260 g/mol. The molecule has 0 saturated carbocycles. The summed E-state index contributed by atoms with van der Waals surface area (Å²) in [5.74, 6) is 0. The van der Waals surface area contributed by atoms with Crippen molar-refractivity contribution in [1.82, 2.24) is 4.31 Å². The highest BCUT2D eigenvalue weighted by molar-refractivity contribution is 7.98. The van der Waals surface area contributed by atoms with Gasteiger partial charge in [0.05, 0.1) is 0 Å². The molecule has 0 radical (unpaired) electrons. The molecule has 0 aliphatic rings. The molecule has 0 heterocycles. The topological polar surface area (TPSA) is 15.6 Å². The minimum Gasteiger partial charge on any atom is -0.305 e. The third-order valence-corrected chi connectivity index (χ3v) is 3.65. The zero-order valence-electron chi connectivity index (χ0n) is 10.1. The van der Waals surface area contributed by atoms with E-state index in [4.69, 9.17) is 0 Å². The lowest BCUT2D eigenvalue weighted by Crippen LogP contribution is -2.04. The summed E-state index contributed by atoms with van der Waals surface area (Å²) in [6.45, 7) is 0. The maximum absolute atomic E-state index is 4.33. The quantitative estimate of drug-likeness (QED) is 0.457. The Morgan fingerprint density at radius 2 is 1.44 bits per heavy atom. The normalized spacial score (nSPS) is 10.7. The van der Waals surface area contributed by atoms with Crippen LogP contribution >= 0.6 is 23.9 Å². The predicted octanol–water partition coefficient (Wildman–Crippen LogP) is 4.36. The standard InChI is InChI=1S/C14H14N2S2/c1-16(18-14-10-6-3-7-11-14)12-15-17-13-8-4-2-5-9-13/h2-12H,1H3/b15-12+. The first-order valence-corrected chi connectivity index (χ1v) is 7.11. The molecule has 0 spiro atoms. The maximum Gasteiger partial charge on any atom is 0.109 e. The van der Waals surface area contributed by atoms with Gasteiger partial charge in [-0.25, -0.2) is 4.40 Å². The van der Waals surface area contributed by atoms with Crippen LogP contribution in [-0.2, 0) is 0 Å². The molecule has 18 heavy (non-hydrogen) atoms. The molecule has 2 aromatic carbocycles. The van der Waals surface area contributed by atoms with E-state index < -0.39 is 0 Å². The number of rotatable bonds is 5. The van der Waals surface area contributed by atoms with E-state index in [0.717, 1.165) is 4.90 Å². The van der Waals surface area contributed by atoms with Crippen LogP contribution in [0.5, 0.6) is 0 Å². The first kappa shape index (κ1) is 13.1. The summed E-state index contributed by atoms with van der Waals surface area (Å²) in [4.78, 5) is 2.35. The van der Waals surface area contributed by atoms with Gasteiger partial charge in [-0.05, 0) is 36.2 Å². The molecule has 2 aromatic rings. The molecule has 0 aromatic heterocycles. The smallest absolute Gasteiger partial charge is 0.109 e. The fourth-order valence-corrected chi connectivity index (χ4v) is 2.66. The Hall–Kier alpha value is -1.39. The number of benzene rings is 2. The molecule has 0 saturated heterocycles. The van der Waals surface area contributed by atoms with Gasteiger partial charge in [0.2, 0.25) is 0 Å². The second-order valence-electron chi connectivity index (χ2n) is 3.58. The van der Waals surface area contributed by atoms with Crippen LogP contribution in [0.1, 0.15) is 0 Å². The van der Waals surface area contributed by atoms with Crippen molar-refractivity contribution in [3.8, 4) is 0 Å². The highest BCUT2D eigenvalue weighted by Crippen LogP contribution is 2.21. The molecular formula is C14H14N2S2. The third-order valence-electron chi connectivity index (χ3n) is 2.10. The largest absolute Gasteiger partial charge is 0.305 e. The summed E-state index contributed by atoms with van der Waals surface area (Å²) in [7, 11) is 1.99. The van der Waals surface area contributed by atoms with Gasteiger partial charge in [-0.2, -0.15) is 0 Å². The van der Waals surface area contributed by atoms with Gasteiger partial charge in [-0.3, -0.25) is 0 Å². The van der Waals surface area contributed by atoms with E-state index in [1.165, 1.54) is 16.8 Å². The van der Waals surface area contributed by atoms with Crippen molar-refractivity contribution in [3.63, 3.8) is 0 Å². The lowest BCUT2D eigenvalue weighted by Gasteiger charge is -2.10. The Labute approximate surface area is 116 Å². The minimum absolute atomic E-state index is 1.15. The van der Waals surface area contributed by atoms with Gasteiger partial charge in [-0.15, -0.1) is 0 Å². The van der Waals surface area contributed by atoms with E-state index in [-0.39, 0.29) is 0 Å². The van der Waals surface area contributed by atoms with E-state index in [1.807, 2.05) is 66.2 Å². The number of hydrogen-bond donors (Lipinski definition) is 0. The van der Waals surface area contributed by atoms with Crippen molar-refractivity contribution in [2.75, 3.05) is 7.05 Å². The molecule has 0 N–H and O–H groups in total. The Kier molecular flexibility index (Phi) is 5.17. The zero-order chi connectivity index (χ0) is 12.6. The molecule has 0 atom stereocenters. The van der Waals surface area contributed by atoms with Gasteiger partial charge in [0.1, 0.15) is 6.34 Å². The van der Waals surface area contributed by atoms with Crippen LogP contribution in [0.15, 0.2) is 74.9 Å². The van der Waals surface area contributed by atoms with Crippen LogP contribution in [-0.4, -0.2) is 17.7 Å². The molecule has 0 fully saturated rings. The van der Waals surface area contributed by atoms with E-state index in [0.29, 0.717) is 0 Å². The van der Waals surface area contributed by atoms with Gasteiger partial charge in [0, 0.05) is 28.8 Å². The summed E-state index contributed by atoms with van der Waals surface area (Å²) >= 11 is 3.12. The molecule has 0 unspecified atom stereocenters. The summed E-state index contributed by atoms with van der Waals surface area (Å²) in [6.07, 6.45) is 1.83. The van der Waals surface area contributed by atoms with Crippen molar-refractivity contribution >= 4 is 30.2 Å². The van der Waals surface area contributed by atoms with Crippen LogP contribution in [0.3, 0.4) is 0 Å². The second kappa shape index (κ2) is 7.13. The monoisotopic (exact) mass is 274 g/mol. The third kappa shape index (κ3) is 4.47. The molecule has 4 heteroatoms. The summed E-state index contributed by atoms with van der Waals surface area (Å²) in [5, 5.41) is 0. The second-order valence-corrected chi connectivity index (χ2v) is 5.67. The highest BCUT2D eigenvalue weighted by Gasteiger charge is 1.96. The average Bonchev–Trinajstić information content (AvgIpc) is 2.41. The molecule has 0 aliphatic carbocycles. The van der Waals surface area contributed by atoms with Gasteiger partial charge in [0.25, 0.3) is 0 Å². The molecule has 2 nitrogen and oxygen atoms in total. The van der Waals surface area contributed by atoms with Gasteiger partial charge in [0.15, 0.2) is 0 Å². The van der Waals surface area contributed by atoms with Gasteiger partial charge >= 0.3 is 0 Å². The van der Waals surface area contributed by atoms with E-state index >= 15 is 0 Å². The van der Waals surface area contributed by atoms with E-state index in [9.17, 15) is 0 Å². The molecule has 0 amide bonds. The van der Waals surface area contributed by atoms with Crippen LogP contribution in [0, 0.1) is 0 Å². The van der Waals surface area contributed by atoms with Crippen molar-refractivity contribution in [1.29, 1.82) is 0 Å². The maximum atomic E-state index is 4.33. The lowest BCUT2D eigenvalue weighted by atomic mass is 10.4. The van der Waals surface area contributed by atoms with Crippen LogP contribution in [0.2, 0.25) is 0 Å². The Bertz CT molecular complexity index is 486. The van der Waals surface area contributed by atoms with Crippen LogP contribution < -0.4 is 0 Å². The van der Waals surface area contributed by atoms with Crippen molar-refractivity contribution in [2.24, 2.45) is 4.40 Å². The molecule has 2 rings (SSSR count). The summed E-state index contributed by atoms with van der Waals surface area (Å²) in [6, 6.07) is 20.4.